The van der Waals surface area contributed by atoms with Crippen LogP contribution in [0.1, 0.15) is 27.2 Å². The minimum Gasteiger partial charge on any atom is -0.462 e. The van der Waals surface area contributed by atoms with Gasteiger partial charge in [0.2, 0.25) is 0 Å². The van der Waals surface area contributed by atoms with E-state index < -0.39 is 0 Å². The molecule has 1 aliphatic rings. The van der Waals surface area contributed by atoms with E-state index in [-0.39, 0.29) is 5.60 Å². The largest absolute Gasteiger partial charge is 0.462 e. The predicted octanol–water partition coefficient (Wildman–Crippen LogP) is 3.02. The van der Waals surface area contributed by atoms with Crippen LogP contribution >= 0.6 is 0 Å². The van der Waals surface area contributed by atoms with E-state index in [0.717, 1.165) is 6.42 Å². The number of hydrogen-bond acceptors (Lipinski definition) is 2. The summed E-state index contributed by atoms with van der Waals surface area (Å²) in [6.45, 7) is 5.92. The maximum Gasteiger partial charge on any atom is 0.293 e. The molecule has 0 heterocycles. The predicted molar refractivity (Wildman–Crippen MR) is 58.9 cm³/mol. The van der Waals surface area contributed by atoms with Crippen LogP contribution in [0.3, 0.4) is 0 Å². The summed E-state index contributed by atoms with van der Waals surface area (Å²) in [6, 6.07) is 0. The molecule has 0 amide bonds. The van der Waals surface area contributed by atoms with Crippen LogP contribution < -0.4 is 0 Å². The Morgan fingerprint density at radius 2 is 1.57 bits per heavy atom. The van der Waals surface area contributed by atoms with Crippen molar-refractivity contribution in [2.24, 2.45) is 0 Å². The SMILES string of the molecule is C1=CC=CCC=C1.CC(C)(C)OC=O. The van der Waals surface area contributed by atoms with E-state index in [1.54, 1.807) is 0 Å². The van der Waals surface area contributed by atoms with Gasteiger partial charge in [-0.1, -0.05) is 36.5 Å². The first-order valence-electron chi connectivity index (χ1n) is 4.66. The first-order valence-corrected chi connectivity index (χ1v) is 4.66. The molecule has 0 atom stereocenters. The molecule has 14 heavy (non-hydrogen) atoms. The lowest BCUT2D eigenvalue weighted by Crippen LogP contribution is -2.17. The van der Waals surface area contributed by atoms with Gasteiger partial charge in [-0.25, -0.2) is 0 Å². The van der Waals surface area contributed by atoms with Crippen LogP contribution in [0.2, 0.25) is 0 Å². The summed E-state index contributed by atoms with van der Waals surface area (Å²) in [5, 5.41) is 0. The van der Waals surface area contributed by atoms with Crippen molar-refractivity contribution in [1.29, 1.82) is 0 Å². The molecule has 78 valence electrons. The normalized spacial score (nSPS) is 13.9. The molecule has 0 aliphatic heterocycles. The van der Waals surface area contributed by atoms with Crippen LogP contribution in [-0.2, 0) is 9.53 Å². The van der Waals surface area contributed by atoms with Crippen LogP contribution in [-0.4, -0.2) is 12.1 Å². The van der Waals surface area contributed by atoms with Gasteiger partial charge in [0, 0.05) is 0 Å². The summed E-state index contributed by atoms with van der Waals surface area (Å²) < 4.78 is 4.55. The third-order valence-corrected chi connectivity index (χ3v) is 1.28. The van der Waals surface area contributed by atoms with Crippen molar-refractivity contribution in [2.45, 2.75) is 32.8 Å². The van der Waals surface area contributed by atoms with Crippen molar-refractivity contribution in [3.63, 3.8) is 0 Å². The van der Waals surface area contributed by atoms with Crippen LogP contribution in [0.25, 0.3) is 0 Å². The van der Waals surface area contributed by atoms with E-state index in [1.165, 1.54) is 0 Å². The lowest BCUT2D eigenvalue weighted by molar-refractivity contribution is -0.138. The smallest absolute Gasteiger partial charge is 0.293 e. The Bertz CT molecular complexity index is 215. The van der Waals surface area contributed by atoms with Crippen LogP contribution in [0, 0.1) is 0 Å². The van der Waals surface area contributed by atoms with Gasteiger partial charge in [0.25, 0.3) is 6.47 Å². The van der Waals surface area contributed by atoms with E-state index in [1.807, 2.05) is 32.9 Å². The van der Waals surface area contributed by atoms with E-state index in [9.17, 15) is 4.79 Å². The standard InChI is InChI=1S/C7H8.C5H10O2/c1-2-4-6-7-5-3-1;1-5(2,3)7-4-6/h1-6H,7H2;4H,1-3H3. The number of hydrogen-bond donors (Lipinski definition) is 0. The summed E-state index contributed by atoms with van der Waals surface area (Å²) >= 11 is 0. The second kappa shape index (κ2) is 7.13. The first-order chi connectivity index (χ1) is 6.56. The molecule has 0 N–H and O–H groups in total. The molecule has 0 aromatic heterocycles. The van der Waals surface area contributed by atoms with Gasteiger partial charge in [0.05, 0.1) is 0 Å². The quantitative estimate of drug-likeness (QED) is 0.600. The lowest BCUT2D eigenvalue weighted by atomic mass is 10.2. The first kappa shape index (κ1) is 12.7. The Morgan fingerprint density at radius 1 is 1.07 bits per heavy atom. The number of allylic oxidation sites excluding steroid dienone is 6. The molecule has 0 unspecified atom stereocenters. The van der Waals surface area contributed by atoms with Gasteiger partial charge in [-0.15, -0.1) is 0 Å². The number of rotatable bonds is 1. The lowest BCUT2D eigenvalue weighted by Gasteiger charge is -2.14. The van der Waals surface area contributed by atoms with E-state index in [2.05, 4.69) is 29.0 Å². The molecular formula is C12H18O2. The van der Waals surface area contributed by atoms with Gasteiger partial charge < -0.3 is 4.74 Å². The molecule has 2 heteroatoms. The molecule has 0 saturated heterocycles. The van der Waals surface area contributed by atoms with Gasteiger partial charge in [0.1, 0.15) is 5.60 Å². The highest BCUT2D eigenvalue weighted by molar-refractivity contribution is 5.37. The van der Waals surface area contributed by atoms with Crippen molar-refractivity contribution in [3.8, 4) is 0 Å². The fraction of sp³-hybridized carbons (Fsp3) is 0.417. The van der Waals surface area contributed by atoms with Gasteiger partial charge in [-0.3, -0.25) is 4.79 Å². The van der Waals surface area contributed by atoms with Gasteiger partial charge in [-0.2, -0.15) is 0 Å². The van der Waals surface area contributed by atoms with Crippen LogP contribution in [0.4, 0.5) is 0 Å². The summed E-state index contributed by atoms with van der Waals surface area (Å²) in [4.78, 5) is 9.60. The Labute approximate surface area is 86.0 Å². The molecule has 0 aromatic rings. The van der Waals surface area contributed by atoms with Crippen molar-refractivity contribution in [2.75, 3.05) is 0 Å². The molecule has 0 spiro atoms. The van der Waals surface area contributed by atoms with Gasteiger partial charge in [0.15, 0.2) is 0 Å². The summed E-state index contributed by atoms with van der Waals surface area (Å²) in [7, 11) is 0. The molecule has 1 aliphatic carbocycles. The zero-order chi connectivity index (χ0) is 10.9. The Morgan fingerprint density at radius 3 is 1.86 bits per heavy atom. The topological polar surface area (TPSA) is 26.3 Å². The third-order valence-electron chi connectivity index (χ3n) is 1.28. The summed E-state index contributed by atoms with van der Waals surface area (Å²) in [6.07, 6.45) is 13.5. The van der Waals surface area contributed by atoms with E-state index in [4.69, 9.17) is 0 Å². The average molecular weight is 194 g/mol. The third kappa shape index (κ3) is 10.7. The number of carbonyl (C=O) groups is 1. The Balaban J connectivity index is 0.000000241. The number of carbonyl (C=O) groups excluding carboxylic acids is 1. The van der Waals surface area contributed by atoms with Gasteiger partial charge in [-0.05, 0) is 27.2 Å². The molecule has 1 rings (SSSR count). The highest BCUT2D eigenvalue weighted by Crippen LogP contribution is 2.02. The minimum atomic E-state index is -0.318. The minimum absolute atomic E-state index is 0.318. The van der Waals surface area contributed by atoms with Crippen LogP contribution in [0.5, 0.6) is 0 Å². The highest BCUT2D eigenvalue weighted by Gasteiger charge is 2.07. The molecule has 0 radical (unpaired) electrons. The monoisotopic (exact) mass is 194 g/mol. The fourth-order valence-corrected chi connectivity index (χ4v) is 0.665. The Kier molecular flexibility index (Phi) is 6.46. The Hall–Kier alpha value is -1.31. The second-order valence-electron chi connectivity index (χ2n) is 3.80. The fourth-order valence-electron chi connectivity index (χ4n) is 0.665. The molecular weight excluding hydrogens is 176 g/mol. The number of ether oxygens (including phenoxy) is 1. The summed E-state index contributed by atoms with van der Waals surface area (Å²) in [5.74, 6) is 0. The average Bonchev–Trinajstić information content (AvgIpc) is 2.32. The van der Waals surface area contributed by atoms with Crippen molar-refractivity contribution < 1.29 is 9.53 Å². The zero-order valence-corrected chi connectivity index (χ0v) is 9.07. The van der Waals surface area contributed by atoms with Crippen LogP contribution in [0.15, 0.2) is 36.5 Å². The van der Waals surface area contributed by atoms with E-state index in [0.29, 0.717) is 6.47 Å². The van der Waals surface area contributed by atoms with Crippen molar-refractivity contribution in [1.82, 2.24) is 0 Å². The molecule has 0 saturated carbocycles. The molecule has 0 aromatic carbocycles. The van der Waals surface area contributed by atoms with Crippen molar-refractivity contribution >= 4 is 6.47 Å². The maximum atomic E-state index is 9.60. The van der Waals surface area contributed by atoms with Crippen molar-refractivity contribution in [3.05, 3.63) is 36.5 Å². The van der Waals surface area contributed by atoms with E-state index >= 15 is 0 Å². The van der Waals surface area contributed by atoms with Gasteiger partial charge >= 0.3 is 0 Å². The molecule has 0 bridgehead atoms. The second-order valence-corrected chi connectivity index (χ2v) is 3.80. The summed E-state index contributed by atoms with van der Waals surface area (Å²) in [5.41, 5.74) is -0.318. The molecule has 2 nitrogen and oxygen atoms in total. The highest BCUT2D eigenvalue weighted by atomic mass is 16.5. The zero-order valence-electron chi connectivity index (χ0n) is 9.07. The molecule has 0 fully saturated rings. The maximum absolute atomic E-state index is 9.60.